The van der Waals surface area contributed by atoms with Gasteiger partial charge in [-0.1, -0.05) is 6.42 Å². The second kappa shape index (κ2) is 6.84. The number of phenols is 2. The van der Waals surface area contributed by atoms with E-state index in [4.69, 9.17) is 4.42 Å². The smallest absolute Gasteiger partial charge is 0.193 e. The number of piperidine rings is 1. The molecule has 2 heterocycles. The lowest BCUT2D eigenvalue weighted by molar-refractivity contribution is 0.219. The van der Waals surface area contributed by atoms with E-state index >= 15 is 0 Å². The second-order valence-electron chi connectivity index (χ2n) is 6.79. The molecule has 1 aliphatic heterocycles. The maximum Gasteiger partial charge on any atom is 0.193 e. The lowest BCUT2D eigenvalue weighted by Gasteiger charge is -2.27. The van der Waals surface area contributed by atoms with Crippen LogP contribution in [0.2, 0.25) is 0 Å². The molecule has 0 bridgehead atoms. The summed E-state index contributed by atoms with van der Waals surface area (Å²) in [5.74, 6) is 0.732. The summed E-state index contributed by atoms with van der Waals surface area (Å²) in [6.45, 7) is 2.51. The molecule has 5 heteroatoms. The molecule has 1 fully saturated rings. The normalized spacial score (nSPS) is 15.4. The van der Waals surface area contributed by atoms with Crippen molar-refractivity contribution in [3.05, 3.63) is 58.3 Å². The molecule has 134 valence electrons. The van der Waals surface area contributed by atoms with Gasteiger partial charge in [-0.15, -0.1) is 0 Å². The van der Waals surface area contributed by atoms with Gasteiger partial charge in [0.1, 0.15) is 22.8 Å². The Morgan fingerprint density at radius 1 is 0.962 bits per heavy atom. The van der Waals surface area contributed by atoms with Crippen molar-refractivity contribution >= 4 is 11.0 Å². The summed E-state index contributed by atoms with van der Waals surface area (Å²) >= 11 is 0. The zero-order valence-electron chi connectivity index (χ0n) is 14.4. The molecule has 0 amide bonds. The predicted molar refractivity (Wildman–Crippen MR) is 100 cm³/mol. The standard InChI is InChI=1S/C21H21NO4/c23-15-6-4-14(5-7-15)20-12-18(25)21-16(13-22-10-2-1-3-11-22)17(24)8-9-19(21)26-20/h4-9,12,23-24H,1-3,10-11,13H2. The largest absolute Gasteiger partial charge is 0.508 e. The third-order valence-corrected chi connectivity index (χ3v) is 4.96. The molecule has 1 aliphatic rings. The highest BCUT2D eigenvalue weighted by Crippen LogP contribution is 2.30. The van der Waals surface area contributed by atoms with Crippen LogP contribution < -0.4 is 5.43 Å². The highest BCUT2D eigenvalue weighted by Gasteiger charge is 2.18. The zero-order valence-corrected chi connectivity index (χ0v) is 14.4. The first-order chi connectivity index (χ1) is 12.6. The molecule has 0 unspecified atom stereocenters. The van der Waals surface area contributed by atoms with Gasteiger partial charge in [0.15, 0.2) is 5.43 Å². The van der Waals surface area contributed by atoms with Crippen LogP contribution in [0.5, 0.6) is 11.5 Å². The molecule has 5 nitrogen and oxygen atoms in total. The van der Waals surface area contributed by atoms with Crippen molar-refractivity contribution in [3.63, 3.8) is 0 Å². The van der Waals surface area contributed by atoms with Crippen LogP contribution in [0.1, 0.15) is 24.8 Å². The maximum atomic E-state index is 12.8. The number of fused-ring (bicyclic) bond motifs is 1. The summed E-state index contributed by atoms with van der Waals surface area (Å²) in [5.41, 5.74) is 1.64. The summed E-state index contributed by atoms with van der Waals surface area (Å²) in [4.78, 5) is 15.1. The number of nitrogens with zero attached hydrogens (tertiary/aromatic N) is 1. The predicted octanol–water partition coefficient (Wildman–Crippen LogP) is 3.86. The van der Waals surface area contributed by atoms with Crippen molar-refractivity contribution in [2.45, 2.75) is 25.8 Å². The molecular formula is C21H21NO4. The number of likely N-dealkylation sites (tertiary alicyclic amines) is 1. The van der Waals surface area contributed by atoms with Crippen molar-refractivity contribution in [1.82, 2.24) is 4.90 Å². The van der Waals surface area contributed by atoms with Crippen molar-refractivity contribution in [3.8, 4) is 22.8 Å². The SMILES string of the molecule is O=c1cc(-c2ccc(O)cc2)oc2ccc(O)c(CN3CCCCC3)c12. The lowest BCUT2D eigenvalue weighted by atomic mass is 10.0. The number of phenolic OH excluding ortho intramolecular Hbond substituents is 2. The Kier molecular flexibility index (Phi) is 4.39. The first-order valence-electron chi connectivity index (χ1n) is 8.92. The summed E-state index contributed by atoms with van der Waals surface area (Å²) in [6, 6.07) is 11.2. The monoisotopic (exact) mass is 351 g/mol. The fourth-order valence-corrected chi connectivity index (χ4v) is 3.58. The van der Waals surface area contributed by atoms with Gasteiger partial charge in [-0.2, -0.15) is 0 Å². The minimum atomic E-state index is -0.169. The number of benzene rings is 2. The molecular weight excluding hydrogens is 330 g/mol. The molecule has 1 aromatic heterocycles. The number of hydrogen-bond donors (Lipinski definition) is 2. The quantitative estimate of drug-likeness (QED) is 0.750. The Labute approximate surface area is 151 Å². The minimum Gasteiger partial charge on any atom is -0.508 e. The van der Waals surface area contributed by atoms with Crippen molar-refractivity contribution in [2.24, 2.45) is 0 Å². The molecule has 4 rings (SSSR count). The van der Waals surface area contributed by atoms with E-state index in [1.807, 2.05) is 0 Å². The molecule has 3 aromatic rings. The highest BCUT2D eigenvalue weighted by atomic mass is 16.3. The van der Waals surface area contributed by atoms with E-state index in [2.05, 4.69) is 4.90 Å². The van der Waals surface area contributed by atoms with E-state index in [0.717, 1.165) is 25.9 Å². The number of rotatable bonds is 3. The van der Waals surface area contributed by atoms with Crippen molar-refractivity contribution < 1.29 is 14.6 Å². The first kappa shape index (κ1) is 16.7. The summed E-state index contributed by atoms with van der Waals surface area (Å²) < 4.78 is 5.94. The van der Waals surface area contributed by atoms with E-state index in [0.29, 0.717) is 34.4 Å². The average Bonchev–Trinajstić information content (AvgIpc) is 2.65. The first-order valence-corrected chi connectivity index (χ1v) is 8.92. The average molecular weight is 351 g/mol. The summed E-state index contributed by atoms with van der Waals surface area (Å²) in [6.07, 6.45) is 3.52. The van der Waals surface area contributed by atoms with E-state index in [1.54, 1.807) is 36.4 Å². The Morgan fingerprint density at radius 2 is 1.69 bits per heavy atom. The molecule has 0 atom stereocenters. The molecule has 0 spiro atoms. The Morgan fingerprint density at radius 3 is 2.42 bits per heavy atom. The van der Waals surface area contributed by atoms with Crippen molar-refractivity contribution in [2.75, 3.05) is 13.1 Å². The van der Waals surface area contributed by atoms with Crippen LogP contribution in [0.3, 0.4) is 0 Å². The third-order valence-electron chi connectivity index (χ3n) is 4.96. The molecule has 0 radical (unpaired) electrons. The van der Waals surface area contributed by atoms with E-state index in [9.17, 15) is 15.0 Å². The van der Waals surface area contributed by atoms with Gasteiger partial charge in [0.2, 0.25) is 0 Å². The fraction of sp³-hybridized carbons (Fsp3) is 0.286. The molecule has 0 saturated carbocycles. The van der Waals surface area contributed by atoms with Crippen LogP contribution >= 0.6 is 0 Å². The van der Waals surface area contributed by atoms with Crippen LogP contribution in [0.15, 0.2) is 51.7 Å². The molecule has 1 saturated heterocycles. The van der Waals surface area contributed by atoms with Gasteiger partial charge in [0, 0.05) is 23.7 Å². The van der Waals surface area contributed by atoms with Gasteiger partial charge in [-0.3, -0.25) is 9.69 Å². The molecule has 0 aliphatic carbocycles. The van der Waals surface area contributed by atoms with Crippen LogP contribution in [-0.4, -0.2) is 28.2 Å². The molecule has 2 N–H and O–H groups in total. The van der Waals surface area contributed by atoms with Gasteiger partial charge in [0.25, 0.3) is 0 Å². The van der Waals surface area contributed by atoms with Crippen LogP contribution in [0.4, 0.5) is 0 Å². The third kappa shape index (κ3) is 3.18. The zero-order chi connectivity index (χ0) is 18.1. The second-order valence-corrected chi connectivity index (χ2v) is 6.79. The minimum absolute atomic E-state index is 0.132. The highest BCUT2D eigenvalue weighted by molar-refractivity contribution is 5.84. The molecule has 2 aromatic carbocycles. The maximum absolute atomic E-state index is 12.8. The van der Waals surface area contributed by atoms with Crippen LogP contribution in [0, 0.1) is 0 Å². The van der Waals surface area contributed by atoms with Crippen molar-refractivity contribution in [1.29, 1.82) is 0 Å². The summed E-state index contributed by atoms with van der Waals surface area (Å²) in [7, 11) is 0. The Hall–Kier alpha value is -2.79. The molecule has 26 heavy (non-hydrogen) atoms. The number of hydrogen-bond acceptors (Lipinski definition) is 5. The van der Waals surface area contributed by atoms with Gasteiger partial charge in [-0.05, 0) is 62.3 Å². The topological polar surface area (TPSA) is 73.9 Å². The van der Waals surface area contributed by atoms with Crippen LogP contribution in [0.25, 0.3) is 22.3 Å². The van der Waals surface area contributed by atoms with Gasteiger partial charge in [-0.25, -0.2) is 0 Å². The van der Waals surface area contributed by atoms with E-state index in [-0.39, 0.29) is 16.9 Å². The Balaban J connectivity index is 1.79. The summed E-state index contributed by atoms with van der Waals surface area (Å²) in [5, 5.41) is 20.2. The Bertz CT molecular complexity index is 985. The lowest BCUT2D eigenvalue weighted by Crippen LogP contribution is -2.29. The van der Waals surface area contributed by atoms with Crippen LogP contribution in [-0.2, 0) is 6.54 Å². The number of aromatic hydroxyl groups is 2. The van der Waals surface area contributed by atoms with Gasteiger partial charge < -0.3 is 14.6 Å². The van der Waals surface area contributed by atoms with Gasteiger partial charge >= 0.3 is 0 Å². The van der Waals surface area contributed by atoms with Gasteiger partial charge in [0.05, 0.1) is 5.39 Å². The van der Waals surface area contributed by atoms with E-state index in [1.165, 1.54) is 12.5 Å². The fourth-order valence-electron chi connectivity index (χ4n) is 3.58. The van der Waals surface area contributed by atoms with E-state index < -0.39 is 0 Å².